The van der Waals surface area contributed by atoms with Gasteiger partial charge in [0.25, 0.3) is 0 Å². The molecule has 1 aromatic heterocycles. The number of hydrogen-bond acceptors (Lipinski definition) is 6. The van der Waals surface area contributed by atoms with E-state index >= 15 is 0 Å². The predicted octanol–water partition coefficient (Wildman–Crippen LogP) is 3.56. The molecule has 0 radical (unpaired) electrons. The number of nitrogens with one attached hydrogen (secondary N) is 1. The third kappa shape index (κ3) is 2.85. The molecule has 0 amide bonds. The number of benzene rings is 1. The summed E-state index contributed by atoms with van der Waals surface area (Å²) in [6, 6.07) is 5.74. The van der Waals surface area contributed by atoms with Gasteiger partial charge in [-0.1, -0.05) is 17.4 Å². The first-order valence-corrected chi connectivity index (χ1v) is 11.2. The molecule has 6 nitrogen and oxygen atoms in total. The molecular formula is C20H21NO5S2. The van der Waals surface area contributed by atoms with Crippen molar-refractivity contribution in [2.24, 2.45) is 17.8 Å². The van der Waals surface area contributed by atoms with Crippen molar-refractivity contribution in [3.8, 4) is 11.5 Å². The molecule has 5 rings (SSSR count). The maximum atomic E-state index is 12.1. The van der Waals surface area contributed by atoms with Gasteiger partial charge in [-0.3, -0.25) is 4.79 Å². The Labute approximate surface area is 170 Å². The summed E-state index contributed by atoms with van der Waals surface area (Å²) in [5, 5.41) is 10.4. The second-order valence-corrected chi connectivity index (χ2v) is 9.97. The van der Waals surface area contributed by atoms with Crippen LogP contribution < -0.4 is 14.3 Å². The number of H-pyrrole nitrogens is 1. The zero-order valence-electron chi connectivity index (χ0n) is 15.3. The number of ether oxygens (including phenoxy) is 2. The predicted molar refractivity (Wildman–Crippen MR) is 107 cm³/mol. The molecule has 2 N–H and O–H groups in total. The van der Waals surface area contributed by atoms with E-state index in [9.17, 15) is 9.59 Å². The van der Waals surface area contributed by atoms with E-state index in [1.54, 1.807) is 13.2 Å². The lowest BCUT2D eigenvalue weighted by Gasteiger charge is -2.40. The van der Waals surface area contributed by atoms with Gasteiger partial charge in [0.15, 0.2) is 18.1 Å². The van der Waals surface area contributed by atoms with Crippen LogP contribution >= 0.6 is 23.1 Å². The molecule has 5 atom stereocenters. The van der Waals surface area contributed by atoms with Gasteiger partial charge in [0, 0.05) is 16.0 Å². The van der Waals surface area contributed by atoms with E-state index in [1.165, 1.54) is 30.6 Å². The Morgan fingerprint density at radius 1 is 1.29 bits per heavy atom. The van der Waals surface area contributed by atoms with Crippen LogP contribution in [-0.2, 0) is 4.79 Å². The van der Waals surface area contributed by atoms with Crippen molar-refractivity contribution in [2.75, 3.05) is 13.7 Å². The first-order valence-electron chi connectivity index (χ1n) is 9.47. The Morgan fingerprint density at radius 2 is 2.11 bits per heavy atom. The highest BCUT2D eigenvalue weighted by molar-refractivity contribution is 8.00. The van der Waals surface area contributed by atoms with E-state index in [1.807, 2.05) is 23.9 Å². The SMILES string of the molecule is COc1cc([C@H]2c3sc(=O)[nH]c3S[C@@H]3[C@@H]4CC[C@@H](C4)[C@H]23)ccc1OCC(=O)O. The average molecular weight is 420 g/mol. The number of methoxy groups -OCH3 is 1. The van der Waals surface area contributed by atoms with Crippen LogP contribution in [0.4, 0.5) is 0 Å². The summed E-state index contributed by atoms with van der Waals surface area (Å²) in [6.07, 6.45) is 3.85. The molecule has 0 unspecified atom stereocenters. The van der Waals surface area contributed by atoms with Crippen LogP contribution in [0.25, 0.3) is 0 Å². The van der Waals surface area contributed by atoms with Crippen LogP contribution in [0.3, 0.4) is 0 Å². The van der Waals surface area contributed by atoms with E-state index in [4.69, 9.17) is 14.6 Å². The molecule has 28 heavy (non-hydrogen) atoms. The molecule has 2 aromatic rings. The van der Waals surface area contributed by atoms with E-state index in [-0.39, 0.29) is 10.8 Å². The van der Waals surface area contributed by atoms with Crippen molar-refractivity contribution in [3.63, 3.8) is 0 Å². The van der Waals surface area contributed by atoms with Crippen LogP contribution in [-0.4, -0.2) is 35.0 Å². The summed E-state index contributed by atoms with van der Waals surface area (Å²) >= 11 is 3.19. The highest BCUT2D eigenvalue weighted by atomic mass is 32.2. The molecular weight excluding hydrogens is 398 g/mol. The second kappa shape index (κ2) is 6.84. The molecule has 1 aliphatic heterocycles. The number of thioether (sulfide) groups is 1. The Balaban J connectivity index is 1.56. The number of aliphatic carboxylic acids is 1. The van der Waals surface area contributed by atoms with Crippen molar-refractivity contribution in [2.45, 2.75) is 35.5 Å². The fourth-order valence-corrected chi connectivity index (χ4v) is 8.25. The minimum absolute atomic E-state index is 0.00296. The van der Waals surface area contributed by atoms with Crippen LogP contribution in [0.1, 0.15) is 35.6 Å². The minimum Gasteiger partial charge on any atom is -0.493 e. The van der Waals surface area contributed by atoms with Crippen molar-refractivity contribution < 1.29 is 19.4 Å². The highest BCUT2D eigenvalue weighted by Crippen LogP contribution is 2.63. The third-order valence-corrected chi connectivity index (χ3v) is 8.99. The van der Waals surface area contributed by atoms with E-state index in [0.29, 0.717) is 28.6 Å². The largest absolute Gasteiger partial charge is 0.493 e. The zero-order valence-corrected chi connectivity index (χ0v) is 17.0. The van der Waals surface area contributed by atoms with Gasteiger partial charge in [-0.25, -0.2) is 4.79 Å². The number of thiazole rings is 1. The lowest BCUT2D eigenvalue weighted by Crippen LogP contribution is -2.33. The molecule has 2 saturated carbocycles. The molecule has 148 valence electrons. The Kier molecular flexibility index (Phi) is 4.43. The topological polar surface area (TPSA) is 88.6 Å². The highest BCUT2D eigenvalue weighted by Gasteiger charge is 2.54. The third-order valence-electron chi connectivity index (χ3n) is 6.36. The van der Waals surface area contributed by atoms with Crippen LogP contribution in [0, 0.1) is 17.8 Å². The van der Waals surface area contributed by atoms with E-state index < -0.39 is 12.6 Å². The van der Waals surface area contributed by atoms with Crippen molar-refractivity contribution in [3.05, 3.63) is 38.3 Å². The first-order chi connectivity index (χ1) is 13.5. The lowest BCUT2D eigenvalue weighted by atomic mass is 9.75. The summed E-state index contributed by atoms with van der Waals surface area (Å²) < 4.78 is 10.8. The van der Waals surface area contributed by atoms with Crippen LogP contribution in [0.15, 0.2) is 28.0 Å². The summed E-state index contributed by atoms with van der Waals surface area (Å²) in [4.78, 5) is 27.1. The molecule has 8 heteroatoms. The quantitative estimate of drug-likeness (QED) is 0.770. The van der Waals surface area contributed by atoms with Crippen molar-refractivity contribution >= 4 is 29.1 Å². The summed E-state index contributed by atoms with van der Waals surface area (Å²) in [6.45, 7) is -0.409. The Morgan fingerprint density at radius 3 is 2.89 bits per heavy atom. The molecule has 2 heterocycles. The number of hydrogen-bond donors (Lipinski definition) is 2. The van der Waals surface area contributed by atoms with Gasteiger partial charge in [0.1, 0.15) is 0 Å². The normalized spacial score (nSPS) is 30.0. The fourth-order valence-electron chi connectivity index (χ4n) is 5.36. The molecule has 0 saturated heterocycles. The molecule has 2 bridgehead atoms. The van der Waals surface area contributed by atoms with Crippen LogP contribution in [0.5, 0.6) is 11.5 Å². The number of rotatable bonds is 5. The van der Waals surface area contributed by atoms with Gasteiger partial charge < -0.3 is 19.6 Å². The van der Waals surface area contributed by atoms with Gasteiger partial charge in [0.05, 0.1) is 12.1 Å². The average Bonchev–Trinajstić information content (AvgIpc) is 3.38. The van der Waals surface area contributed by atoms with Gasteiger partial charge in [-0.05, 0) is 54.7 Å². The molecule has 0 spiro atoms. The number of carboxylic acids is 1. The summed E-state index contributed by atoms with van der Waals surface area (Å²) in [5.41, 5.74) is 1.11. The second-order valence-electron chi connectivity index (χ2n) is 7.77. The smallest absolute Gasteiger partial charge is 0.341 e. The summed E-state index contributed by atoms with van der Waals surface area (Å²) in [7, 11) is 1.56. The molecule has 2 aliphatic carbocycles. The summed E-state index contributed by atoms with van der Waals surface area (Å²) in [5.74, 6) is 2.06. The number of aromatic nitrogens is 1. The number of fused-ring (bicyclic) bond motifs is 6. The number of aromatic amines is 1. The molecule has 3 aliphatic rings. The lowest BCUT2D eigenvalue weighted by molar-refractivity contribution is -0.139. The first kappa shape index (κ1) is 18.1. The van der Waals surface area contributed by atoms with Gasteiger partial charge in [-0.15, -0.1) is 11.8 Å². The Bertz CT molecular complexity index is 983. The van der Waals surface area contributed by atoms with Crippen molar-refractivity contribution in [1.82, 2.24) is 4.98 Å². The zero-order chi connectivity index (χ0) is 19.4. The van der Waals surface area contributed by atoms with Gasteiger partial charge >= 0.3 is 10.8 Å². The maximum absolute atomic E-state index is 12.1. The minimum atomic E-state index is -1.03. The number of carbonyl (C=O) groups is 1. The van der Waals surface area contributed by atoms with E-state index in [2.05, 4.69) is 4.98 Å². The van der Waals surface area contributed by atoms with Gasteiger partial charge in [0.2, 0.25) is 0 Å². The monoisotopic (exact) mass is 419 g/mol. The van der Waals surface area contributed by atoms with E-state index in [0.717, 1.165) is 21.4 Å². The van der Waals surface area contributed by atoms with Crippen molar-refractivity contribution in [1.29, 1.82) is 0 Å². The number of carboxylic acid groups (broad SMARTS) is 1. The molecule has 2 fully saturated rings. The fraction of sp³-hybridized carbons (Fsp3) is 0.500. The maximum Gasteiger partial charge on any atom is 0.341 e. The van der Waals surface area contributed by atoms with Crippen LogP contribution in [0.2, 0.25) is 0 Å². The Hall–Kier alpha value is -1.93. The standard InChI is InChI=1S/C20H21NO5S2/c1-25-13-7-10(4-5-12(13)26-8-14(22)23)16-15-9-2-3-11(6-9)17(15)27-19-18(16)28-20(24)21-19/h4-5,7,9,11,15-17H,2-3,6,8H2,1H3,(H,21,24)(H,22,23)/t9-,11+,15+,16+,17+/m0/s1. The molecule has 1 aromatic carbocycles. The van der Waals surface area contributed by atoms with Gasteiger partial charge in [-0.2, -0.15) is 0 Å².